The number of aromatic nitrogens is 5. The summed E-state index contributed by atoms with van der Waals surface area (Å²) in [5.41, 5.74) is 8.28. The third-order valence-electron chi connectivity index (χ3n) is 7.40. The van der Waals surface area contributed by atoms with Crippen molar-refractivity contribution >= 4 is 34.0 Å². The second-order valence-electron chi connectivity index (χ2n) is 9.83. The van der Waals surface area contributed by atoms with Gasteiger partial charge in [-0.1, -0.05) is 73.3 Å². The number of hydrogen-bond donors (Lipinski definition) is 0. The zero-order valence-electron chi connectivity index (χ0n) is 22.6. The lowest BCUT2D eigenvalue weighted by Gasteiger charge is -2.13. The van der Waals surface area contributed by atoms with E-state index in [9.17, 15) is 0 Å². The van der Waals surface area contributed by atoms with Gasteiger partial charge in [-0.05, 0) is 67.6 Å². The molecule has 0 saturated carbocycles. The van der Waals surface area contributed by atoms with Crippen molar-refractivity contribution in [3.05, 3.63) is 139 Å². The van der Waals surface area contributed by atoms with Gasteiger partial charge in [-0.25, -0.2) is 0 Å². The summed E-state index contributed by atoms with van der Waals surface area (Å²) in [5.74, 6) is 1.54. The van der Waals surface area contributed by atoms with E-state index in [1.807, 2.05) is 43.5 Å². The van der Waals surface area contributed by atoms with Gasteiger partial charge in [0.25, 0.3) is 0 Å². The summed E-state index contributed by atoms with van der Waals surface area (Å²) in [6.07, 6.45) is 7.96. The van der Waals surface area contributed by atoms with E-state index in [0.29, 0.717) is 0 Å². The van der Waals surface area contributed by atoms with E-state index in [-0.39, 0.29) is 0 Å². The van der Waals surface area contributed by atoms with Gasteiger partial charge in [-0.3, -0.25) is 9.55 Å². The Hall–Kier alpha value is -5.55. The molecule has 0 atom stereocenters. The first-order valence-corrected chi connectivity index (χ1v) is 13.6. The molecule has 3 heterocycles. The molecule has 5 nitrogen and oxygen atoms in total. The van der Waals surface area contributed by atoms with Crippen LogP contribution in [-0.2, 0) is 0 Å². The number of fused-ring (bicyclic) bond motifs is 2. The molecule has 0 bridgehead atoms. The summed E-state index contributed by atoms with van der Waals surface area (Å²) in [6, 6.07) is 37.4. The van der Waals surface area contributed by atoms with Gasteiger partial charge in [-0.15, -0.1) is 10.2 Å². The fourth-order valence-corrected chi connectivity index (χ4v) is 5.55. The second-order valence-corrected chi connectivity index (χ2v) is 9.83. The van der Waals surface area contributed by atoms with Gasteiger partial charge in [0.15, 0.2) is 11.6 Å². The lowest BCUT2D eigenvalue weighted by molar-refractivity contribution is 1.07. The Kier molecular flexibility index (Phi) is 6.10. The molecule has 0 aliphatic heterocycles. The van der Waals surface area contributed by atoms with Gasteiger partial charge < -0.3 is 4.57 Å². The van der Waals surface area contributed by atoms with Crippen molar-refractivity contribution in [2.45, 2.75) is 6.92 Å². The molecule has 0 N–H and O–H groups in total. The Morgan fingerprint density at radius 2 is 1.39 bits per heavy atom. The summed E-state index contributed by atoms with van der Waals surface area (Å²) in [5, 5.41) is 11.7. The maximum absolute atomic E-state index is 4.69. The Morgan fingerprint density at radius 1 is 0.683 bits per heavy atom. The van der Waals surface area contributed by atoms with Gasteiger partial charge in [-0.2, -0.15) is 0 Å². The molecule has 7 aromatic rings. The molecule has 0 unspecified atom stereocenters. The van der Waals surface area contributed by atoms with Crippen LogP contribution < -0.4 is 0 Å². The fourth-order valence-electron chi connectivity index (χ4n) is 5.55. The van der Waals surface area contributed by atoms with E-state index in [0.717, 1.165) is 56.3 Å². The van der Waals surface area contributed by atoms with Crippen LogP contribution in [0.1, 0.15) is 18.2 Å². The van der Waals surface area contributed by atoms with Crippen molar-refractivity contribution in [3.63, 3.8) is 0 Å². The molecule has 0 fully saturated rings. The number of allylic oxidation sites excluding steroid dienone is 1. The predicted octanol–water partition coefficient (Wildman–Crippen LogP) is 8.77. The number of para-hydroxylation sites is 2. The predicted molar refractivity (Wildman–Crippen MR) is 169 cm³/mol. The van der Waals surface area contributed by atoms with Crippen LogP contribution in [0.25, 0.3) is 68.1 Å². The zero-order valence-corrected chi connectivity index (χ0v) is 22.6. The molecule has 196 valence electrons. The molecule has 4 aromatic carbocycles. The molecular weight excluding hydrogens is 502 g/mol. The van der Waals surface area contributed by atoms with Crippen molar-refractivity contribution in [2.75, 3.05) is 0 Å². The number of nitrogens with zero attached hydrogens (tertiary/aromatic N) is 5. The number of hydrogen-bond acceptors (Lipinski definition) is 3. The molecule has 0 aliphatic carbocycles. The van der Waals surface area contributed by atoms with Crippen molar-refractivity contribution < 1.29 is 0 Å². The highest BCUT2D eigenvalue weighted by atomic mass is 15.3. The van der Waals surface area contributed by atoms with Crippen LogP contribution >= 0.6 is 0 Å². The highest BCUT2D eigenvalue weighted by molar-refractivity contribution is 5.95. The third kappa shape index (κ3) is 4.15. The molecule has 0 amide bonds. The van der Waals surface area contributed by atoms with Crippen LogP contribution in [0.4, 0.5) is 0 Å². The van der Waals surface area contributed by atoms with Gasteiger partial charge >= 0.3 is 0 Å². The van der Waals surface area contributed by atoms with E-state index < -0.39 is 0 Å². The first-order valence-electron chi connectivity index (χ1n) is 13.6. The van der Waals surface area contributed by atoms with E-state index in [1.54, 1.807) is 0 Å². The Bertz CT molecular complexity index is 2060. The van der Waals surface area contributed by atoms with Crippen LogP contribution in [0, 0.1) is 0 Å². The summed E-state index contributed by atoms with van der Waals surface area (Å²) >= 11 is 0. The van der Waals surface area contributed by atoms with Crippen molar-refractivity contribution in [2.24, 2.45) is 0 Å². The lowest BCUT2D eigenvalue weighted by Crippen LogP contribution is -2.01. The van der Waals surface area contributed by atoms with E-state index >= 15 is 0 Å². The topological polar surface area (TPSA) is 48.5 Å². The minimum atomic E-state index is 0.768. The van der Waals surface area contributed by atoms with Crippen molar-refractivity contribution in [3.8, 4) is 34.2 Å². The first kappa shape index (κ1) is 24.5. The Morgan fingerprint density at radius 3 is 2.17 bits per heavy atom. The van der Waals surface area contributed by atoms with Crippen LogP contribution in [-0.4, -0.2) is 24.3 Å². The van der Waals surface area contributed by atoms with Crippen LogP contribution in [0.15, 0.2) is 128 Å². The normalized spacial score (nSPS) is 11.5. The molecule has 0 spiro atoms. The van der Waals surface area contributed by atoms with Crippen LogP contribution in [0.3, 0.4) is 0 Å². The molecule has 5 heteroatoms. The number of benzene rings is 4. The SMILES string of the molecule is C=Cc1c(/C=C\C)c2ccccc2n1-c1ccc(-c2nnc(-c3ccc4cccnc4c3)n2-c2ccccc2)cc1. The minimum absolute atomic E-state index is 0.768. The quantitative estimate of drug-likeness (QED) is 0.216. The highest BCUT2D eigenvalue weighted by Crippen LogP contribution is 2.34. The minimum Gasteiger partial charge on any atom is -0.309 e. The molecule has 3 aromatic heterocycles. The van der Waals surface area contributed by atoms with E-state index in [4.69, 9.17) is 5.10 Å². The average molecular weight is 530 g/mol. The van der Waals surface area contributed by atoms with E-state index in [2.05, 4.69) is 123 Å². The molecule has 0 aliphatic rings. The number of rotatable bonds is 6. The molecular formula is C36H27N5. The summed E-state index contributed by atoms with van der Waals surface area (Å²) < 4.78 is 4.38. The van der Waals surface area contributed by atoms with Gasteiger partial charge in [0.2, 0.25) is 0 Å². The first-order chi connectivity index (χ1) is 20.3. The summed E-state index contributed by atoms with van der Waals surface area (Å²) in [6.45, 7) is 6.18. The monoisotopic (exact) mass is 529 g/mol. The van der Waals surface area contributed by atoms with Crippen molar-refractivity contribution in [1.29, 1.82) is 0 Å². The van der Waals surface area contributed by atoms with Gasteiger partial charge in [0.1, 0.15) is 0 Å². The van der Waals surface area contributed by atoms with Gasteiger partial charge in [0, 0.05) is 45.0 Å². The highest BCUT2D eigenvalue weighted by Gasteiger charge is 2.19. The summed E-state index contributed by atoms with van der Waals surface area (Å²) in [4.78, 5) is 4.55. The molecule has 7 rings (SSSR count). The maximum Gasteiger partial charge on any atom is 0.168 e. The van der Waals surface area contributed by atoms with Crippen molar-refractivity contribution in [1.82, 2.24) is 24.3 Å². The van der Waals surface area contributed by atoms with Crippen LogP contribution in [0.5, 0.6) is 0 Å². The number of pyridine rings is 1. The zero-order chi connectivity index (χ0) is 27.8. The van der Waals surface area contributed by atoms with Crippen LogP contribution in [0.2, 0.25) is 0 Å². The Balaban J connectivity index is 1.37. The molecule has 0 radical (unpaired) electrons. The lowest BCUT2D eigenvalue weighted by atomic mass is 10.1. The third-order valence-corrected chi connectivity index (χ3v) is 7.40. The second kappa shape index (κ2) is 10.2. The molecule has 41 heavy (non-hydrogen) atoms. The largest absolute Gasteiger partial charge is 0.309 e. The fraction of sp³-hybridized carbons (Fsp3) is 0.0278. The smallest absolute Gasteiger partial charge is 0.168 e. The Labute approximate surface area is 238 Å². The molecule has 0 saturated heterocycles. The average Bonchev–Trinajstić information content (AvgIpc) is 3.61. The maximum atomic E-state index is 4.69. The van der Waals surface area contributed by atoms with Gasteiger partial charge in [0.05, 0.1) is 16.7 Å². The standard InChI is InChI=1S/C36H27N5/c1-3-11-30-31-15-8-9-16-34(31)40(33(30)4-2)29-21-19-26(20-22-29)35-38-39-36(41(35)28-13-6-5-7-14-28)27-18-17-25-12-10-23-37-32(25)24-27/h3-24H,2H2,1H3/b11-3-. The summed E-state index contributed by atoms with van der Waals surface area (Å²) in [7, 11) is 0. The van der Waals surface area contributed by atoms with E-state index in [1.165, 1.54) is 10.9 Å².